The highest BCUT2D eigenvalue weighted by atomic mass is 16.6. The van der Waals surface area contributed by atoms with Gasteiger partial charge in [0.05, 0.1) is 6.61 Å². The van der Waals surface area contributed by atoms with Gasteiger partial charge in [0, 0.05) is 45.6 Å². The van der Waals surface area contributed by atoms with Crippen LogP contribution in [-0.4, -0.2) is 106 Å². The first kappa shape index (κ1) is 48.9. The fraction of sp³-hybridized carbons (Fsp3) is 0.881. The fourth-order valence-electron chi connectivity index (χ4n) is 5.77. The van der Waals surface area contributed by atoms with Gasteiger partial charge in [-0.25, -0.2) is 4.79 Å². The number of hydrogen-bond acceptors (Lipinski definition) is 8. The quantitative estimate of drug-likeness (QED) is 0.0271. The van der Waals surface area contributed by atoms with Crippen LogP contribution in [0.5, 0.6) is 0 Å². The lowest BCUT2D eigenvalue weighted by molar-refractivity contribution is -0.144. The van der Waals surface area contributed by atoms with Crippen LogP contribution in [0, 0.1) is 0 Å². The number of likely N-dealkylation sites (N-methyl/N-ethyl adjacent to an activating group) is 2. The first-order chi connectivity index (χ1) is 24.8. The molecule has 9 heteroatoms. The van der Waals surface area contributed by atoms with Crippen LogP contribution in [0.1, 0.15) is 168 Å². The highest BCUT2D eigenvalue weighted by molar-refractivity contribution is 5.69. The zero-order valence-electron chi connectivity index (χ0n) is 34.1. The van der Waals surface area contributed by atoms with Gasteiger partial charge in [0.25, 0.3) is 0 Å². The number of hydrogen-bond donors (Lipinski definition) is 0. The molecular weight excluding hydrogens is 642 g/mol. The molecule has 0 spiro atoms. The van der Waals surface area contributed by atoms with Crippen LogP contribution in [0.25, 0.3) is 0 Å². The Kier molecular flexibility index (Phi) is 36.1. The lowest BCUT2D eigenvalue weighted by atomic mass is 10.1. The smallest absolute Gasteiger partial charge is 0.409 e. The summed E-state index contributed by atoms with van der Waals surface area (Å²) in [5, 5.41) is 0. The van der Waals surface area contributed by atoms with Gasteiger partial charge in [-0.05, 0) is 66.1 Å². The third kappa shape index (κ3) is 36.0. The van der Waals surface area contributed by atoms with E-state index in [1.807, 2.05) is 11.0 Å². The maximum Gasteiger partial charge on any atom is 0.409 e. The molecule has 0 rings (SSSR count). The zero-order valence-corrected chi connectivity index (χ0v) is 34.1. The van der Waals surface area contributed by atoms with Crippen LogP contribution in [0.4, 0.5) is 4.79 Å². The molecule has 0 aromatic rings. The molecule has 9 nitrogen and oxygen atoms in total. The molecule has 0 unspecified atom stereocenters. The molecule has 0 atom stereocenters. The number of allylic oxidation sites excluding steroid dienone is 1. The van der Waals surface area contributed by atoms with Gasteiger partial charge in [0.15, 0.2) is 0 Å². The predicted molar refractivity (Wildman–Crippen MR) is 212 cm³/mol. The second-order valence-corrected chi connectivity index (χ2v) is 14.6. The van der Waals surface area contributed by atoms with Crippen LogP contribution in [0.2, 0.25) is 0 Å². The summed E-state index contributed by atoms with van der Waals surface area (Å²) in [6.07, 6.45) is 29.0. The number of amides is 1. The Morgan fingerprint density at radius 2 is 0.980 bits per heavy atom. The Morgan fingerprint density at radius 3 is 1.57 bits per heavy atom. The van der Waals surface area contributed by atoms with Gasteiger partial charge in [-0.1, -0.05) is 122 Å². The first-order valence-corrected chi connectivity index (χ1v) is 21.0. The highest BCUT2D eigenvalue weighted by Crippen LogP contribution is 2.12. The van der Waals surface area contributed by atoms with E-state index in [0.717, 1.165) is 96.6 Å². The van der Waals surface area contributed by atoms with E-state index in [2.05, 4.69) is 50.9 Å². The third-order valence-electron chi connectivity index (χ3n) is 9.25. The van der Waals surface area contributed by atoms with Crippen molar-refractivity contribution in [1.82, 2.24) is 14.7 Å². The number of ether oxygens (including phenoxy) is 3. The Hall–Kier alpha value is -2.13. The van der Waals surface area contributed by atoms with Crippen molar-refractivity contribution in [2.24, 2.45) is 0 Å². The standard InChI is InChI=1S/C42H81N3O6/c1-6-8-10-12-14-22-28-37-49-40(46)30-24-18-16-20-26-32-45(42(48)51-39-36-44(5)35-34-43(3)4)33-27-21-17-19-25-31-41(47)50-38-29-23-15-13-11-9-7-2/h22,28H,6-21,23-27,29-39H2,1-5H3/b28-22-. The summed E-state index contributed by atoms with van der Waals surface area (Å²) in [6, 6.07) is 0. The van der Waals surface area contributed by atoms with Crippen LogP contribution < -0.4 is 0 Å². The van der Waals surface area contributed by atoms with E-state index in [-0.39, 0.29) is 18.0 Å². The molecular formula is C42H81N3O6. The SMILES string of the molecule is CCCCCC/C=C\COC(=O)CCCCCCCN(CCCCCCCC(=O)OCCCCCCCCC)C(=O)OCCN(C)CCN(C)C. The van der Waals surface area contributed by atoms with Crippen LogP contribution >= 0.6 is 0 Å². The molecule has 0 aliphatic heterocycles. The average Bonchev–Trinajstić information content (AvgIpc) is 3.11. The number of carbonyl (C=O) groups excluding carboxylic acids is 3. The summed E-state index contributed by atoms with van der Waals surface area (Å²) in [4.78, 5) is 43.3. The molecule has 1 amide bonds. The molecule has 0 fully saturated rings. The number of nitrogens with zero attached hydrogens (tertiary/aromatic N) is 3. The Morgan fingerprint density at radius 1 is 0.471 bits per heavy atom. The summed E-state index contributed by atoms with van der Waals surface area (Å²) in [5.41, 5.74) is 0. The minimum absolute atomic E-state index is 0.0709. The number of unbranched alkanes of at least 4 members (excludes halogenated alkanes) is 18. The lowest BCUT2D eigenvalue weighted by Gasteiger charge is -2.24. The minimum atomic E-state index is -0.225. The van der Waals surface area contributed by atoms with Crippen molar-refractivity contribution >= 4 is 18.0 Å². The molecule has 0 N–H and O–H groups in total. The Labute approximate surface area is 314 Å². The second-order valence-electron chi connectivity index (χ2n) is 14.6. The van der Waals surface area contributed by atoms with E-state index in [4.69, 9.17) is 14.2 Å². The van der Waals surface area contributed by atoms with E-state index in [9.17, 15) is 14.4 Å². The molecule has 0 aliphatic rings. The number of esters is 2. The lowest BCUT2D eigenvalue weighted by Crippen LogP contribution is -2.36. The second kappa shape index (κ2) is 37.6. The summed E-state index contributed by atoms with van der Waals surface area (Å²) >= 11 is 0. The van der Waals surface area contributed by atoms with Crippen molar-refractivity contribution in [3.8, 4) is 0 Å². The summed E-state index contributed by atoms with van der Waals surface area (Å²) in [7, 11) is 6.17. The van der Waals surface area contributed by atoms with E-state index >= 15 is 0 Å². The Balaban J connectivity index is 4.26. The summed E-state index contributed by atoms with van der Waals surface area (Å²) < 4.78 is 16.4. The van der Waals surface area contributed by atoms with Crippen molar-refractivity contribution < 1.29 is 28.6 Å². The summed E-state index contributed by atoms with van der Waals surface area (Å²) in [6.45, 7) is 9.75. The molecule has 51 heavy (non-hydrogen) atoms. The molecule has 0 saturated carbocycles. The van der Waals surface area contributed by atoms with Gasteiger partial charge >= 0.3 is 18.0 Å². The number of carbonyl (C=O) groups is 3. The largest absolute Gasteiger partial charge is 0.466 e. The van der Waals surface area contributed by atoms with Crippen molar-refractivity contribution in [2.75, 3.05) is 73.7 Å². The van der Waals surface area contributed by atoms with Crippen molar-refractivity contribution in [1.29, 1.82) is 0 Å². The van der Waals surface area contributed by atoms with Crippen molar-refractivity contribution in [3.05, 3.63) is 12.2 Å². The molecule has 0 aliphatic carbocycles. The first-order valence-electron chi connectivity index (χ1n) is 21.0. The predicted octanol–water partition coefficient (Wildman–Crippen LogP) is 9.96. The van der Waals surface area contributed by atoms with Gasteiger partial charge in [-0.3, -0.25) is 9.59 Å². The maximum atomic E-state index is 13.0. The van der Waals surface area contributed by atoms with Gasteiger partial charge < -0.3 is 28.9 Å². The number of rotatable bonds is 37. The zero-order chi connectivity index (χ0) is 37.6. The van der Waals surface area contributed by atoms with E-state index in [1.165, 1.54) is 57.8 Å². The molecule has 0 saturated heterocycles. The highest BCUT2D eigenvalue weighted by Gasteiger charge is 2.15. The average molecular weight is 724 g/mol. The topological polar surface area (TPSA) is 88.6 Å². The normalized spacial score (nSPS) is 11.5. The Bertz CT molecular complexity index is 837. The molecule has 300 valence electrons. The van der Waals surface area contributed by atoms with Crippen molar-refractivity contribution in [2.45, 2.75) is 168 Å². The molecule has 0 bridgehead atoms. The van der Waals surface area contributed by atoms with Gasteiger partial charge in [-0.2, -0.15) is 0 Å². The van der Waals surface area contributed by atoms with E-state index in [1.54, 1.807) is 0 Å². The molecule has 0 radical (unpaired) electrons. The van der Waals surface area contributed by atoms with Crippen LogP contribution in [-0.2, 0) is 23.8 Å². The molecule has 0 heterocycles. The molecule has 0 aromatic carbocycles. The van der Waals surface area contributed by atoms with Gasteiger partial charge in [0.2, 0.25) is 0 Å². The summed E-state index contributed by atoms with van der Waals surface area (Å²) in [5.74, 6) is -0.191. The monoisotopic (exact) mass is 724 g/mol. The van der Waals surface area contributed by atoms with E-state index in [0.29, 0.717) is 52.3 Å². The van der Waals surface area contributed by atoms with Crippen LogP contribution in [0.3, 0.4) is 0 Å². The van der Waals surface area contributed by atoms with Gasteiger partial charge in [-0.15, -0.1) is 0 Å². The van der Waals surface area contributed by atoms with Crippen LogP contribution in [0.15, 0.2) is 12.2 Å². The minimum Gasteiger partial charge on any atom is -0.466 e. The van der Waals surface area contributed by atoms with E-state index < -0.39 is 0 Å². The third-order valence-corrected chi connectivity index (χ3v) is 9.25. The van der Waals surface area contributed by atoms with Crippen molar-refractivity contribution in [3.63, 3.8) is 0 Å². The fourth-order valence-corrected chi connectivity index (χ4v) is 5.77. The van der Waals surface area contributed by atoms with Gasteiger partial charge in [0.1, 0.15) is 13.2 Å². The molecule has 0 aromatic heterocycles. The maximum absolute atomic E-state index is 13.0.